The first-order valence-corrected chi connectivity index (χ1v) is 6.52. The van der Waals surface area contributed by atoms with E-state index in [1.807, 2.05) is 0 Å². The first-order chi connectivity index (χ1) is 8.10. The van der Waals surface area contributed by atoms with Gasteiger partial charge in [-0.1, -0.05) is 11.6 Å². The fourth-order valence-electron chi connectivity index (χ4n) is 2.71. The van der Waals surface area contributed by atoms with Crippen molar-refractivity contribution >= 4 is 11.6 Å². The van der Waals surface area contributed by atoms with Crippen LogP contribution in [0.3, 0.4) is 0 Å². The topological polar surface area (TPSA) is 73.3 Å². The van der Waals surface area contributed by atoms with Gasteiger partial charge in [-0.25, -0.2) is 0 Å². The highest BCUT2D eigenvalue weighted by atomic mass is 35.5. The van der Waals surface area contributed by atoms with Crippen LogP contribution in [0.1, 0.15) is 40.5 Å². The van der Waals surface area contributed by atoms with Crippen molar-refractivity contribution in [1.29, 1.82) is 0 Å². The quantitative estimate of drug-likeness (QED) is 0.419. The van der Waals surface area contributed by atoms with Gasteiger partial charge in [-0.2, -0.15) is 0 Å². The van der Waals surface area contributed by atoms with Gasteiger partial charge in [-0.15, -0.1) is 0 Å². The zero-order valence-corrected chi connectivity index (χ0v) is 12.3. The van der Waals surface area contributed by atoms with E-state index < -0.39 is 0 Å². The van der Waals surface area contributed by atoms with Gasteiger partial charge in [0, 0.05) is 30.0 Å². The van der Waals surface area contributed by atoms with Crippen LogP contribution in [0.15, 0.2) is 23.2 Å². The molecule has 5 heteroatoms. The molecule has 1 rings (SSSR count). The van der Waals surface area contributed by atoms with Crippen molar-refractivity contribution in [1.82, 2.24) is 5.32 Å². The van der Waals surface area contributed by atoms with E-state index in [2.05, 4.69) is 33.0 Å². The largest absolute Gasteiger partial charge is 0.476 e. The molecule has 0 aromatic rings. The van der Waals surface area contributed by atoms with Crippen molar-refractivity contribution in [3.05, 3.63) is 23.2 Å². The standard InChI is InChI=1S/C13H24ClN3O/c1-12(2)7-9(8-13(3,4)17-12)18-11(16)6-5-10(14)15/h5-6,9,17H,7-8,15-16H2,1-4H3/b10-5-,11-6+. The molecule has 4 nitrogen and oxygen atoms in total. The number of rotatable bonds is 3. The number of piperidine rings is 1. The molecular formula is C13H24ClN3O. The molecule has 104 valence electrons. The zero-order chi connectivity index (χ0) is 14.0. The minimum Gasteiger partial charge on any atom is -0.476 e. The zero-order valence-electron chi connectivity index (χ0n) is 11.6. The lowest BCUT2D eigenvalue weighted by Gasteiger charge is -2.46. The molecular weight excluding hydrogens is 250 g/mol. The molecule has 0 aromatic carbocycles. The Kier molecular flexibility index (Phi) is 4.56. The van der Waals surface area contributed by atoms with Gasteiger partial charge >= 0.3 is 0 Å². The minimum absolute atomic E-state index is 0.0358. The van der Waals surface area contributed by atoms with Crippen LogP contribution >= 0.6 is 11.6 Å². The number of nitrogens with two attached hydrogens (primary N) is 2. The summed E-state index contributed by atoms with van der Waals surface area (Å²) in [5.74, 6) is 0.345. The summed E-state index contributed by atoms with van der Waals surface area (Å²) in [5, 5.41) is 3.78. The molecule has 1 saturated heterocycles. The number of allylic oxidation sites excluding steroid dienone is 2. The van der Waals surface area contributed by atoms with Gasteiger partial charge in [0.1, 0.15) is 6.10 Å². The van der Waals surface area contributed by atoms with E-state index in [0.717, 1.165) is 12.8 Å². The second-order valence-electron chi connectivity index (χ2n) is 6.16. The van der Waals surface area contributed by atoms with E-state index in [1.165, 1.54) is 6.08 Å². The normalized spacial score (nSPS) is 24.9. The third-order valence-corrected chi connectivity index (χ3v) is 2.99. The number of ether oxygens (including phenoxy) is 1. The van der Waals surface area contributed by atoms with Crippen LogP contribution in [0, 0.1) is 0 Å². The molecule has 0 saturated carbocycles. The fraction of sp³-hybridized carbons (Fsp3) is 0.692. The maximum Gasteiger partial charge on any atom is 0.184 e. The molecule has 0 radical (unpaired) electrons. The molecule has 0 aromatic heterocycles. The average Bonchev–Trinajstić information content (AvgIpc) is 2.09. The van der Waals surface area contributed by atoms with Crippen molar-refractivity contribution in [2.45, 2.75) is 57.7 Å². The molecule has 1 fully saturated rings. The Bertz CT molecular complexity index is 341. The third-order valence-electron chi connectivity index (χ3n) is 2.86. The Balaban J connectivity index is 2.67. The first kappa shape index (κ1) is 15.2. The smallest absolute Gasteiger partial charge is 0.184 e. The predicted molar refractivity (Wildman–Crippen MR) is 75.8 cm³/mol. The summed E-state index contributed by atoms with van der Waals surface area (Å²) in [4.78, 5) is 0. The second-order valence-corrected chi connectivity index (χ2v) is 6.60. The Morgan fingerprint density at radius 2 is 1.67 bits per heavy atom. The maximum atomic E-state index is 5.79. The summed E-state index contributed by atoms with van der Waals surface area (Å²) in [5.41, 5.74) is 11.2. The van der Waals surface area contributed by atoms with Crippen molar-refractivity contribution in [3.8, 4) is 0 Å². The van der Waals surface area contributed by atoms with Crippen LogP contribution in [0.25, 0.3) is 0 Å². The Hall–Kier alpha value is -0.870. The van der Waals surface area contributed by atoms with Crippen molar-refractivity contribution in [2.24, 2.45) is 11.5 Å². The van der Waals surface area contributed by atoms with Crippen LogP contribution in [0.4, 0.5) is 0 Å². The first-order valence-electron chi connectivity index (χ1n) is 6.14. The van der Waals surface area contributed by atoms with Gasteiger partial charge < -0.3 is 21.5 Å². The Labute approximate surface area is 114 Å². The molecule has 0 amide bonds. The Morgan fingerprint density at radius 3 is 2.11 bits per heavy atom. The van der Waals surface area contributed by atoms with Gasteiger partial charge in [0.05, 0.1) is 5.16 Å². The van der Waals surface area contributed by atoms with Gasteiger partial charge in [0.25, 0.3) is 0 Å². The molecule has 1 heterocycles. The molecule has 0 spiro atoms. The number of hydrogen-bond acceptors (Lipinski definition) is 4. The fourth-order valence-corrected chi connectivity index (χ4v) is 2.77. The molecule has 0 bridgehead atoms. The lowest BCUT2D eigenvalue weighted by Crippen LogP contribution is -2.59. The number of halogens is 1. The molecule has 5 N–H and O–H groups in total. The summed E-state index contributed by atoms with van der Waals surface area (Å²) in [6.45, 7) is 8.67. The number of hydrogen-bond donors (Lipinski definition) is 3. The lowest BCUT2D eigenvalue weighted by molar-refractivity contribution is 0.0130. The Morgan fingerprint density at radius 1 is 1.17 bits per heavy atom. The number of nitrogens with one attached hydrogen (secondary N) is 1. The highest BCUT2D eigenvalue weighted by Crippen LogP contribution is 2.30. The maximum absolute atomic E-state index is 5.79. The highest BCUT2D eigenvalue weighted by molar-refractivity contribution is 6.29. The third kappa shape index (κ3) is 5.19. The highest BCUT2D eigenvalue weighted by Gasteiger charge is 2.38. The van der Waals surface area contributed by atoms with Crippen LogP contribution in [-0.2, 0) is 4.74 Å². The lowest BCUT2D eigenvalue weighted by atomic mass is 9.81. The second kappa shape index (κ2) is 5.41. The van der Waals surface area contributed by atoms with Crippen LogP contribution in [0.5, 0.6) is 0 Å². The van der Waals surface area contributed by atoms with Crippen LogP contribution < -0.4 is 16.8 Å². The summed E-state index contributed by atoms with van der Waals surface area (Å²) in [7, 11) is 0. The van der Waals surface area contributed by atoms with E-state index >= 15 is 0 Å². The van der Waals surface area contributed by atoms with Gasteiger partial charge in [0.15, 0.2) is 5.88 Å². The van der Waals surface area contributed by atoms with Crippen molar-refractivity contribution in [2.75, 3.05) is 0 Å². The molecule has 18 heavy (non-hydrogen) atoms. The van der Waals surface area contributed by atoms with Crippen molar-refractivity contribution in [3.63, 3.8) is 0 Å². The summed E-state index contributed by atoms with van der Waals surface area (Å²) >= 11 is 5.53. The average molecular weight is 274 g/mol. The monoisotopic (exact) mass is 273 g/mol. The van der Waals surface area contributed by atoms with E-state index in [1.54, 1.807) is 6.08 Å². The van der Waals surface area contributed by atoms with Crippen LogP contribution in [0.2, 0.25) is 0 Å². The van der Waals surface area contributed by atoms with E-state index in [-0.39, 0.29) is 22.3 Å². The van der Waals surface area contributed by atoms with E-state index in [9.17, 15) is 0 Å². The summed E-state index contributed by atoms with van der Waals surface area (Å²) in [6.07, 6.45) is 5.02. The summed E-state index contributed by atoms with van der Waals surface area (Å²) < 4.78 is 5.75. The van der Waals surface area contributed by atoms with Gasteiger partial charge in [-0.3, -0.25) is 0 Å². The molecule has 0 unspecified atom stereocenters. The molecule has 0 atom stereocenters. The molecule has 1 aliphatic heterocycles. The molecule has 1 aliphatic rings. The van der Waals surface area contributed by atoms with E-state index in [4.69, 9.17) is 27.8 Å². The van der Waals surface area contributed by atoms with Gasteiger partial charge in [0.2, 0.25) is 0 Å². The van der Waals surface area contributed by atoms with E-state index in [0.29, 0.717) is 5.88 Å². The van der Waals surface area contributed by atoms with Crippen molar-refractivity contribution < 1.29 is 4.74 Å². The molecule has 0 aliphatic carbocycles. The predicted octanol–water partition coefficient (Wildman–Crippen LogP) is 2.15. The van der Waals surface area contributed by atoms with Crippen LogP contribution in [-0.4, -0.2) is 17.2 Å². The SMILES string of the molecule is CC1(C)CC(O/C(N)=C/C=C(\N)Cl)CC(C)(C)N1. The van der Waals surface area contributed by atoms with Gasteiger partial charge in [-0.05, 0) is 33.8 Å². The minimum atomic E-state index is 0.0358. The summed E-state index contributed by atoms with van der Waals surface area (Å²) in [6, 6.07) is 0.